The molecule has 0 bridgehead atoms. The summed E-state index contributed by atoms with van der Waals surface area (Å²) in [5.74, 6) is 0.0235. The van der Waals surface area contributed by atoms with E-state index in [4.69, 9.17) is 9.47 Å². The fraction of sp³-hybridized carbons (Fsp3) is 0.429. The normalized spacial score (nSPS) is 11.8. The van der Waals surface area contributed by atoms with Gasteiger partial charge in [-0.1, -0.05) is 19.9 Å². The smallest absolute Gasteiger partial charge is 0.308 e. The van der Waals surface area contributed by atoms with Crippen molar-refractivity contribution in [3.63, 3.8) is 0 Å². The van der Waals surface area contributed by atoms with Crippen molar-refractivity contribution >= 4 is 11.9 Å². The first-order chi connectivity index (χ1) is 8.43. The second-order valence-electron chi connectivity index (χ2n) is 4.20. The van der Waals surface area contributed by atoms with Crippen LogP contribution in [0.5, 0.6) is 11.5 Å². The highest BCUT2D eigenvalue weighted by molar-refractivity contribution is 5.73. The van der Waals surface area contributed by atoms with E-state index in [1.54, 1.807) is 12.1 Å². The molecule has 1 rings (SSSR count). The molecule has 0 aliphatic carbocycles. The molecule has 0 heterocycles. The van der Waals surface area contributed by atoms with Crippen LogP contribution >= 0.6 is 0 Å². The molecule has 0 amide bonds. The van der Waals surface area contributed by atoms with Crippen LogP contribution in [0.2, 0.25) is 0 Å². The van der Waals surface area contributed by atoms with Gasteiger partial charge in [0.1, 0.15) is 0 Å². The molecule has 0 spiro atoms. The van der Waals surface area contributed by atoms with E-state index in [1.165, 1.54) is 13.8 Å². The Morgan fingerprint density at radius 3 is 2.17 bits per heavy atom. The second kappa shape index (κ2) is 6.19. The van der Waals surface area contributed by atoms with Gasteiger partial charge in [-0.2, -0.15) is 0 Å². The van der Waals surface area contributed by atoms with E-state index < -0.39 is 11.9 Å². The van der Waals surface area contributed by atoms with Gasteiger partial charge in [0, 0.05) is 13.8 Å². The van der Waals surface area contributed by atoms with E-state index in [2.05, 4.69) is 13.8 Å². The molecule has 1 aromatic rings. The summed E-state index contributed by atoms with van der Waals surface area (Å²) in [6.07, 6.45) is 0.979. The van der Waals surface area contributed by atoms with Crippen molar-refractivity contribution in [2.45, 2.75) is 40.0 Å². The zero-order chi connectivity index (χ0) is 13.7. The van der Waals surface area contributed by atoms with E-state index in [0.29, 0.717) is 5.92 Å². The molecular formula is C14H18O4. The van der Waals surface area contributed by atoms with Crippen LogP contribution < -0.4 is 9.47 Å². The van der Waals surface area contributed by atoms with E-state index >= 15 is 0 Å². The lowest BCUT2D eigenvalue weighted by molar-refractivity contribution is -0.134. The van der Waals surface area contributed by atoms with E-state index in [1.807, 2.05) is 6.07 Å². The molecule has 4 nitrogen and oxygen atoms in total. The Hall–Kier alpha value is -1.84. The zero-order valence-electron chi connectivity index (χ0n) is 11.1. The summed E-state index contributed by atoms with van der Waals surface area (Å²) >= 11 is 0. The first kappa shape index (κ1) is 14.2. The topological polar surface area (TPSA) is 52.6 Å². The van der Waals surface area contributed by atoms with Crippen molar-refractivity contribution in [1.29, 1.82) is 0 Å². The second-order valence-corrected chi connectivity index (χ2v) is 4.20. The minimum atomic E-state index is -0.445. The van der Waals surface area contributed by atoms with Crippen LogP contribution in [0.25, 0.3) is 0 Å². The number of hydrogen-bond donors (Lipinski definition) is 0. The van der Waals surface area contributed by atoms with Gasteiger partial charge in [0.25, 0.3) is 0 Å². The quantitative estimate of drug-likeness (QED) is 0.608. The van der Waals surface area contributed by atoms with Gasteiger partial charge in [0.05, 0.1) is 0 Å². The van der Waals surface area contributed by atoms with Crippen molar-refractivity contribution in [2.75, 3.05) is 0 Å². The number of ether oxygens (including phenoxy) is 2. The molecule has 0 radical (unpaired) electrons. The highest BCUT2D eigenvalue weighted by Crippen LogP contribution is 2.32. The summed E-state index contributed by atoms with van der Waals surface area (Å²) in [6, 6.07) is 5.27. The first-order valence-electron chi connectivity index (χ1n) is 5.94. The summed E-state index contributed by atoms with van der Waals surface area (Å²) in [4.78, 5) is 22.0. The molecule has 0 N–H and O–H groups in total. The van der Waals surface area contributed by atoms with Crippen LogP contribution in [-0.4, -0.2) is 11.9 Å². The number of rotatable bonds is 4. The minimum Gasteiger partial charge on any atom is -0.423 e. The van der Waals surface area contributed by atoms with Crippen molar-refractivity contribution in [3.8, 4) is 11.5 Å². The maximum absolute atomic E-state index is 11.0. The summed E-state index contributed by atoms with van der Waals surface area (Å²) < 4.78 is 10.1. The molecule has 4 heteroatoms. The summed E-state index contributed by atoms with van der Waals surface area (Å²) in [5, 5.41) is 0. The molecule has 0 aliphatic rings. The molecule has 18 heavy (non-hydrogen) atoms. The van der Waals surface area contributed by atoms with Gasteiger partial charge in [-0.05, 0) is 30.0 Å². The Morgan fingerprint density at radius 1 is 1.11 bits per heavy atom. The fourth-order valence-corrected chi connectivity index (χ4v) is 1.54. The molecule has 98 valence electrons. The van der Waals surface area contributed by atoms with Crippen LogP contribution in [0.3, 0.4) is 0 Å². The maximum Gasteiger partial charge on any atom is 0.308 e. The van der Waals surface area contributed by atoms with Crippen LogP contribution in [0.4, 0.5) is 0 Å². The van der Waals surface area contributed by atoms with Crippen LogP contribution in [0.15, 0.2) is 18.2 Å². The largest absolute Gasteiger partial charge is 0.423 e. The van der Waals surface area contributed by atoms with Crippen LogP contribution in [0.1, 0.15) is 45.6 Å². The van der Waals surface area contributed by atoms with Crippen molar-refractivity contribution in [1.82, 2.24) is 0 Å². The van der Waals surface area contributed by atoms with E-state index in [9.17, 15) is 9.59 Å². The predicted octanol–water partition coefficient (Wildman–Crippen LogP) is 3.05. The SMILES string of the molecule is CCC(C)c1ccc(OC(C)=O)c(OC(C)=O)c1. The standard InChI is InChI=1S/C14H18O4/c1-5-9(2)12-6-7-13(17-10(3)15)14(8-12)18-11(4)16/h6-9H,5H2,1-4H3. The van der Waals surface area contributed by atoms with Gasteiger partial charge in [-0.15, -0.1) is 0 Å². The lowest BCUT2D eigenvalue weighted by atomic mass is 9.98. The third kappa shape index (κ3) is 3.87. The van der Waals surface area contributed by atoms with Crippen molar-refractivity contribution in [3.05, 3.63) is 23.8 Å². The Labute approximate surface area is 107 Å². The molecule has 0 saturated heterocycles. The number of carbonyl (C=O) groups excluding carboxylic acids is 2. The molecule has 1 atom stereocenters. The molecule has 0 fully saturated rings. The highest BCUT2D eigenvalue weighted by atomic mass is 16.6. The van der Waals surface area contributed by atoms with Crippen LogP contribution in [-0.2, 0) is 9.59 Å². The first-order valence-corrected chi connectivity index (χ1v) is 5.94. The fourth-order valence-electron chi connectivity index (χ4n) is 1.54. The van der Waals surface area contributed by atoms with Gasteiger partial charge >= 0.3 is 11.9 Å². The molecule has 1 unspecified atom stereocenters. The lowest BCUT2D eigenvalue weighted by Crippen LogP contribution is -2.07. The zero-order valence-corrected chi connectivity index (χ0v) is 11.1. The van der Waals surface area contributed by atoms with Crippen LogP contribution in [0, 0.1) is 0 Å². The van der Waals surface area contributed by atoms with Gasteiger partial charge in [-0.25, -0.2) is 0 Å². The lowest BCUT2D eigenvalue weighted by Gasteiger charge is -2.13. The van der Waals surface area contributed by atoms with Crippen molar-refractivity contribution in [2.24, 2.45) is 0 Å². The minimum absolute atomic E-state index is 0.268. The van der Waals surface area contributed by atoms with Gasteiger partial charge < -0.3 is 9.47 Å². The molecular weight excluding hydrogens is 232 g/mol. The molecule has 1 aromatic carbocycles. The Balaban J connectivity index is 3.11. The maximum atomic E-state index is 11.0. The Bertz CT molecular complexity index is 451. The van der Waals surface area contributed by atoms with Gasteiger partial charge in [-0.3, -0.25) is 9.59 Å². The predicted molar refractivity (Wildman–Crippen MR) is 67.8 cm³/mol. The number of carbonyl (C=O) groups is 2. The molecule has 0 aromatic heterocycles. The Kier molecular flexibility index (Phi) is 4.89. The summed E-state index contributed by atoms with van der Waals surface area (Å²) in [6.45, 7) is 6.78. The average Bonchev–Trinajstić information content (AvgIpc) is 2.29. The highest BCUT2D eigenvalue weighted by Gasteiger charge is 2.13. The summed E-state index contributed by atoms with van der Waals surface area (Å²) in [5.41, 5.74) is 1.05. The summed E-state index contributed by atoms with van der Waals surface area (Å²) in [7, 11) is 0. The third-order valence-electron chi connectivity index (χ3n) is 2.66. The van der Waals surface area contributed by atoms with Gasteiger partial charge in [0.15, 0.2) is 11.5 Å². The monoisotopic (exact) mass is 250 g/mol. The van der Waals surface area contributed by atoms with Crippen molar-refractivity contribution < 1.29 is 19.1 Å². The van der Waals surface area contributed by atoms with Gasteiger partial charge in [0.2, 0.25) is 0 Å². The third-order valence-corrected chi connectivity index (χ3v) is 2.66. The molecule has 0 aliphatic heterocycles. The Morgan fingerprint density at radius 2 is 1.67 bits per heavy atom. The number of hydrogen-bond acceptors (Lipinski definition) is 4. The average molecular weight is 250 g/mol. The van der Waals surface area contributed by atoms with E-state index in [0.717, 1.165) is 12.0 Å². The number of benzene rings is 1. The molecule has 0 saturated carbocycles. The number of esters is 2. The van der Waals surface area contributed by atoms with E-state index in [-0.39, 0.29) is 11.5 Å².